The van der Waals surface area contributed by atoms with Gasteiger partial charge in [-0.05, 0) is 41.9 Å². The molecule has 1 unspecified atom stereocenters. The molecule has 0 saturated carbocycles. The summed E-state index contributed by atoms with van der Waals surface area (Å²) in [5.74, 6) is 0.210. The molecule has 1 atom stereocenters. The Labute approximate surface area is 155 Å². The molecule has 1 N–H and O–H groups in total. The van der Waals surface area contributed by atoms with E-state index in [1.807, 2.05) is 6.92 Å². The molecule has 0 aliphatic heterocycles. The largest absolute Gasteiger partial charge is 0.466 e. The number of halogens is 2. The number of nitrogens with one attached hydrogen (secondary N) is 1. The van der Waals surface area contributed by atoms with E-state index in [-0.39, 0.29) is 11.9 Å². The van der Waals surface area contributed by atoms with Crippen LogP contribution in [0.1, 0.15) is 24.4 Å². The lowest BCUT2D eigenvalue weighted by Crippen LogP contribution is -2.05. The molecule has 0 radical (unpaired) electrons. The minimum Gasteiger partial charge on any atom is -0.466 e. The first kappa shape index (κ1) is 16.6. The maximum absolute atomic E-state index is 14.2. The van der Waals surface area contributed by atoms with E-state index < -0.39 is 5.82 Å². The lowest BCUT2D eigenvalue weighted by molar-refractivity contribution is 0.210. The van der Waals surface area contributed by atoms with E-state index in [1.54, 1.807) is 31.3 Å². The average molecular weight is 418 g/mol. The molecule has 0 aliphatic carbocycles. The summed E-state index contributed by atoms with van der Waals surface area (Å²) in [4.78, 5) is 0. The minimum absolute atomic E-state index is 0.285. The quantitative estimate of drug-likeness (QED) is 0.547. The molecule has 0 spiro atoms. The van der Waals surface area contributed by atoms with Crippen LogP contribution in [0.3, 0.4) is 0 Å². The molecule has 0 fully saturated rings. The highest BCUT2D eigenvalue weighted by Crippen LogP contribution is 2.34. The van der Waals surface area contributed by atoms with Gasteiger partial charge in [0.05, 0.1) is 17.5 Å². The SMILES string of the molecule is Cc1nnc(-c2ccccc2F)n2nc(OC(C)c3cn[nH]n3)c(Br)c12. The molecule has 0 aliphatic rings. The standard InChI is InChI=1S/C16H13BrFN7O/c1-8-14-13(17)16(26-9(2)12-7-19-24-21-12)23-25(14)15(22-20-8)10-5-3-4-6-11(10)18/h3-7,9H,1-2H3,(H,19,21,24). The van der Waals surface area contributed by atoms with Crippen LogP contribution in [0.4, 0.5) is 4.39 Å². The molecule has 8 nitrogen and oxygen atoms in total. The predicted molar refractivity (Wildman–Crippen MR) is 94.0 cm³/mol. The van der Waals surface area contributed by atoms with E-state index in [9.17, 15) is 4.39 Å². The number of aromatic amines is 1. The molecule has 4 rings (SSSR count). The van der Waals surface area contributed by atoms with Crippen LogP contribution in [0.25, 0.3) is 16.9 Å². The zero-order valence-electron chi connectivity index (χ0n) is 13.8. The fourth-order valence-electron chi connectivity index (χ4n) is 2.58. The molecule has 26 heavy (non-hydrogen) atoms. The Balaban J connectivity index is 1.85. The van der Waals surface area contributed by atoms with Crippen molar-refractivity contribution < 1.29 is 9.13 Å². The Kier molecular flexibility index (Phi) is 4.11. The van der Waals surface area contributed by atoms with Crippen LogP contribution in [-0.4, -0.2) is 35.2 Å². The van der Waals surface area contributed by atoms with Crippen LogP contribution in [0, 0.1) is 12.7 Å². The van der Waals surface area contributed by atoms with Gasteiger partial charge in [-0.1, -0.05) is 12.1 Å². The molecule has 1 aromatic carbocycles. The number of hydrogen-bond acceptors (Lipinski definition) is 6. The summed E-state index contributed by atoms with van der Waals surface area (Å²) in [6, 6.07) is 6.34. The summed E-state index contributed by atoms with van der Waals surface area (Å²) >= 11 is 3.51. The molecule has 0 amide bonds. The van der Waals surface area contributed by atoms with Crippen molar-refractivity contribution in [1.82, 2.24) is 35.2 Å². The van der Waals surface area contributed by atoms with Gasteiger partial charge in [0, 0.05) is 0 Å². The number of aryl methyl sites for hydroxylation is 1. The monoisotopic (exact) mass is 417 g/mol. The van der Waals surface area contributed by atoms with Gasteiger partial charge in [-0.15, -0.1) is 10.2 Å². The lowest BCUT2D eigenvalue weighted by atomic mass is 10.2. The number of hydrogen-bond donors (Lipinski definition) is 1. The van der Waals surface area contributed by atoms with E-state index in [0.29, 0.717) is 32.8 Å². The summed E-state index contributed by atoms with van der Waals surface area (Å²) in [5.41, 5.74) is 2.22. The fraction of sp³-hybridized carbons (Fsp3) is 0.188. The van der Waals surface area contributed by atoms with Gasteiger partial charge in [0.25, 0.3) is 0 Å². The van der Waals surface area contributed by atoms with Gasteiger partial charge in [-0.25, -0.2) is 8.91 Å². The van der Waals surface area contributed by atoms with Crippen molar-refractivity contribution >= 4 is 21.4 Å². The second-order valence-corrected chi connectivity index (χ2v) is 6.42. The molecule has 4 aromatic rings. The number of aromatic nitrogens is 7. The Bertz CT molecular complexity index is 1080. The van der Waals surface area contributed by atoms with Crippen molar-refractivity contribution in [3.63, 3.8) is 0 Å². The van der Waals surface area contributed by atoms with Crippen LogP contribution < -0.4 is 4.74 Å². The average Bonchev–Trinajstić information content (AvgIpc) is 3.26. The first-order valence-electron chi connectivity index (χ1n) is 7.75. The molecule has 3 heterocycles. The second-order valence-electron chi connectivity index (χ2n) is 5.62. The Hall–Kier alpha value is -2.88. The third-order valence-corrected chi connectivity index (χ3v) is 4.60. The van der Waals surface area contributed by atoms with Gasteiger partial charge < -0.3 is 4.74 Å². The third-order valence-electron chi connectivity index (χ3n) is 3.89. The number of ether oxygens (including phenoxy) is 1. The topological polar surface area (TPSA) is 93.9 Å². The van der Waals surface area contributed by atoms with Crippen molar-refractivity contribution in [3.05, 3.63) is 52.1 Å². The van der Waals surface area contributed by atoms with E-state index in [0.717, 1.165) is 0 Å². The third kappa shape index (κ3) is 2.71. The zero-order chi connectivity index (χ0) is 18.3. The molecule has 10 heteroatoms. The maximum atomic E-state index is 14.2. The van der Waals surface area contributed by atoms with Gasteiger partial charge in [0.2, 0.25) is 5.88 Å². The van der Waals surface area contributed by atoms with Gasteiger partial charge in [0.1, 0.15) is 27.6 Å². The van der Waals surface area contributed by atoms with Gasteiger partial charge in [0.15, 0.2) is 5.82 Å². The number of benzene rings is 1. The molecular formula is C16H13BrFN7O. The van der Waals surface area contributed by atoms with Crippen LogP contribution in [-0.2, 0) is 0 Å². The van der Waals surface area contributed by atoms with Crippen molar-refractivity contribution in [3.8, 4) is 17.3 Å². The number of H-pyrrole nitrogens is 1. The second kappa shape index (κ2) is 6.45. The highest BCUT2D eigenvalue weighted by Gasteiger charge is 2.22. The fourth-order valence-corrected chi connectivity index (χ4v) is 3.20. The Morgan fingerprint density at radius 1 is 1.27 bits per heavy atom. The van der Waals surface area contributed by atoms with E-state index in [2.05, 4.69) is 46.6 Å². The summed E-state index contributed by atoms with van der Waals surface area (Å²) in [5, 5.41) is 23.0. The first-order chi connectivity index (χ1) is 12.6. The number of fused-ring (bicyclic) bond motifs is 1. The number of rotatable bonds is 4. The minimum atomic E-state index is -0.406. The zero-order valence-corrected chi connectivity index (χ0v) is 15.4. The first-order valence-corrected chi connectivity index (χ1v) is 8.54. The number of nitrogens with zero attached hydrogens (tertiary/aromatic N) is 6. The summed E-state index contributed by atoms with van der Waals surface area (Å²) in [6.45, 7) is 3.63. The van der Waals surface area contributed by atoms with Crippen molar-refractivity contribution in [1.29, 1.82) is 0 Å². The maximum Gasteiger partial charge on any atom is 0.249 e. The lowest BCUT2D eigenvalue weighted by Gasteiger charge is -2.09. The molecule has 0 bridgehead atoms. The highest BCUT2D eigenvalue weighted by atomic mass is 79.9. The van der Waals surface area contributed by atoms with Crippen LogP contribution >= 0.6 is 15.9 Å². The van der Waals surface area contributed by atoms with Gasteiger partial charge >= 0.3 is 0 Å². The van der Waals surface area contributed by atoms with E-state index >= 15 is 0 Å². The van der Waals surface area contributed by atoms with Crippen LogP contribution in [0.2, 0.25) is 0 Å². The predicted octanol–water partition coefficient (Wildman–Crippen LogP) is 3.26. The van der Waals surface area contributed by atoms with Crippen molar-refractivity contribution in [2.24, 2.45) is 0 Å². The van der Waals surface area contributed by atoms with Gasteiger partial charge in [-0.2, -0.15) is 20.5 Å². The van der Waals surface area contributed by atoms with Gasteiger partial charge in [-0.3, -0.25) is 0 Å². The summed E-state index contributed by atoms with van der Waals surface area (Å²) in [7, 11) is 0. The summed E-state index contributed by atoms with van der Waals surface area (Å²) < 4.78 is 22.3. The molecular weight excluding hydrogens is 405 g/mol. The molecule has 132 valence electrons. The van der Waals surface area contributed by atoms with Crippen molar-refractivity contribution in [2.45, 2.75) is 20.0 Å². The Morgan fingerprint density at radius 3 is 2.81 bits per heavy atom. The van der Waals surface area contributed by atoms with Crippen LogP contribution in [0.15, 0.2) is 34.9 Å². The highest BCUT2D eigenvalue weighted by molar-refractivity contribution is 9.10. The molecule has 3 aromatic heterocycles. The van der Waals surface area contributed by atoms with E-state index in [1.165, 1.54) is 10.6 Å². The smallest absolute Gasteiger partial charge is 0.249 e. The van der Waals surface area contributed by atoms with E-state index in [4.69, 9.17) is 4.74 Å². The van der Waals surface area contributed by atoms with Crippen LogP contribution in [0.5, 0.6) is 5.88 Å². The Morgan fingerprint density at radius 2 is 2.08 bits per heavy atom. The van der Waals surface area contributed by atoms with Crippen molar-refractivity contribution in [2.75, 3.05) is 0 Å². The molecule has 0 saturated heterocycles. The summed E-state index contributed by atoms with van der Waals surface area (Å²) in [6.07, 6.45) is 1.20. The normalized spacial score (nSPS) is 12.5.